The number of sulfonamides is 1. The number of nitrogens with zero attached hydrogens (tertiary/aromatic N) is 1. The maximum absolute atomic E-state index is 11.9. The second-order valence-corrected chi connectivity index (χ2v) is 5.55. The van der Waals surface area contributed by atoms with Gasteiger partial charge in [0.15, 0.2) is 0 Å². The molecule has 0 fully saturated rings. The zero-order valence-corrected chi connectivity index (χ0v) is 10.8. The molecule has 0 saturated heterocycles. The van der Waals surface area contributed by atoms with Gasteiger partial charge in [-0.3, -0.25) is 4.79 Å². The Bertz CT molecular complexity index is 621. The highest BCUT2D eigenvalue weighted by Gasteiger charge is 2.24. The smallest absolute Gasteiger partial charge is 0.321 e. The number of halogens is 1. The van der Waals surface area contributed by atoms with Crippen LogP contribution in [0.4, 0.5) is 0 Å². The fraction of sp³-hybridized carbons (Fsp3) is 0.200. The van der Waals surface area contributed by atoms with Crippen LogP contribution in [-0.4, -0.2) is 25.5 Å². The van der Waals surface area contributed by atoms with Crippen LogP contribution in [0.5, 0.6) is 0 Å². The van der Waals surface area contributed by atoms with Gasteiger partial charge in [-0.2, -0.15) is 9.98 Å². The molecular weight excluding hydrogens is 280 g/mol. The summed E-state index contributed by atoms with van der Waals surface area (Å²) in [5.74, 6) is -1.32. The van der Waals surface area contributed by atoms with Crippen molar-refractivity contribution in [1.82, 2.24) is 4.72 Å². The van der Waals surface area contributed by atoms with Crippen LogP contribution in [0.15, 0.2) is 23.1 Å². The fourth-order valence-corrected chi connectivity index (χ4v) is 2.77. The predicted molar refractivity (Wildman–Crippen MR) is 63.6 cm³/mol. The number of carboxylic acid groups (broad SMARTS) is 1. The second-order valence-electron chi connectivity index (χ2n) is 3.43. The number of carboxylic acids is 1. The van der Waals surface area contributed by atoms with E-state index in [1.165, 1.54) is 19.1 Å². The molecule has 0 saturated carbocycles. The number of hydrogen-bond acceptors (Lipinski definition) is 4. The Hall–Kier alpha value is -1.62. The first-order valence-electron chi connectivity index (χ1n) is 4.72. The van der Waals surface area contributed by atoms with Crippen molar-refractivity contribution in [2.75, 3.05) is 0 Å². The van der Waals surface area contributed by atoms with Gasteiger partial charge in [-0.15, -0.1) is 0 Å². The highest BCUT2D eigenvalue weighted by atomic mass is 35.5. The summed E-state index contributed by atoms with van der Waals surface area (Å²) >= 11 is 5.66. The average Bonchev–Trinajstić information content (AvgIpc) is 2.28. The molecule has 0 unspecified atom stereocenters. The number of nitriles is 1. The molecule has 18 heavy (non-hydrogen) atoms. The summed E-state index contributed by atoms with van der Waals surface area (Å²) in [4.78, 5) is 10.3. The van der Waals surface area contributed by atoms with Gasteiger partial charge in [-0.1, -0.05) is 11.6 Å². The molecule has 6 nitrogen and oxygen atoms in total. The van der Waals surface area contributed by atoms with Crippen LogP contribution < -0.4 is 4.72 Å². The summed E-state index contributed by atoms with van der Waals surface area (Å²) in [6.07, 6.45) is 0. The number of nitrogens with one attached hydrogen (secondary N) is 1. The van der Waals surface area contributed by atoms with E-state index in [0.29, 0.717) is 0 Å². The SMILES string of the molecule is C[C@@H](NS(=O)(=O)c1cc(Cl)ccc1C#N)C(=O)O. The molecule has 1 aromatic carbocycles. The summed E-state index contributed by atoms with van der Waals surface area (Å²) < 4.78 is 25.7. The van der Waals surface area contributed by atoms with Crippen LogP contribution in [0.3, 0.4) is 0 Å². The minimum atomic E-state index is -4.11. The van der Waals surface area contributed by atoms with Gasteiger partial charge in [0.1, 0.15) is 17.0 Å². The van der Waals surface area contributed by atoms with E-state index in [0.717, 1.165) is 6.07 Å². The lowest BCUT2D eigenvalue weighted by Gasteiger charge is -2.11. The highest BCUT2D eigenvalue weighted by molar-refractivity contribution is 7.89. The van der Waals surface area contributed by atoms with Crippen molar-refractivity contribution < 1.29 is 18.3 Å². The number of carbonyl (C=O) groups is 1. The Morgan fingerprint density at radius 1 is 1.56 bits per heavy atom. The molecule has 8 heteroatoms. The van der Waals surface area contributed by atoms with Gasteiger partial charge in [0.05, 0.1) is 5.56 Å². The first-order chi connectivity index (χ1) is 8.27. The zero-order chi connectivity index (χ0) is 13.9. The molecule has 0 amide bonds. The Kier molecular flexibility index (Phi) is 4.29. The van der Waals surface area contributed by atoms with Crippen molar-refractivity contribution in [1.29, 1.82) is 5.26 Å². The monoisotopic (exact) mass is 288 g/mol. The normalized spacial score (nSPS) is 12.7. The zero-order valence-electron chi connectivity index (χ0n) is 9.21. The maximum atomic E-state index is 11.9. The largest absolute Gasteiger partial charge is 0.480 e. The third kappa shape index (κ3) is 3.20. The third-order valence-electron chi connectivity index (χ3n) is 2.06. The third-order valence-corrected chi connectivity index (χ3v) is 3.87. The van der Waals surface area contributed by atoms with E-state index in [2.05, 4.69) is 0 Å². The van der Waals surface area contributed by atoms with Crippen molar-refractivity contribution in [2.24, 2.45) is 0 Å². The van der Waals surface area contributed by atoms with E-state index in [1.54, 1.807) is 6.07 Å². The molecule has 2 N–H and O–H groups in total. The van der Waals surface area contributed by atoms with Crippen molar-refractivity contribution in [3.8, 4) is 6.07 Å². The van der Waals surface area contributed by atoms with E-state index in [1.807, 2.05) is 4.72 Å². The molecule has 0 aromatic heterocycles. The highest BCUT2D eigenvalue weighted by Crippen LogP contribution is 2.20. The fourth-order valence-electron chi connectivity index (χ4n) is 1.16. The summed E-state index contributed by atoms with van der Waals surface area (Å²) in [5, 5.41) is 17.6. The quantitative estimate of drug-likeness (QED) is 0.858. The molecule has 0 aliphatic carbocycles. The van der Waals surface area contributed by atoms with Crippen molar-refractivity contribution in [2.45, 2.75) is 17.9 Å². The second kappa shape index (κ2) is 5.35. The first-order valence-corrected chi connectivity index (χ1v) is 6.59. The van der Waals surface area contributed by atoms with Crippen LogP contribution in [0.2, 0.25) is 5.02 Å². The van der Waals surface area contributed by atoms with E-state index in [4.69, 9.17) is 22.0 Å². The Morgan fingerprint density at radius 2 is 2.17 bits per heavy atom. The lowest BCUT2D eigenvalue weighted by molar-refractivity contribution is -0.138. The van der Waals surface area contributed by atoms with Crippen molar-refractivity contribution in [3.05, 3.63) is 28.8 Å². The average molecular weight is 289 g/mol. The molecule has 0 aliphatic rings. The number of rotatable bonds is 4. The molecule has 1 rings (SSSR count). The summed E-state index contributed by atoms with van der Waals surface area (Å²) in [6, 6.07) is 4.12. The lowest BCUT2D eigenvalue weighted by atomic mass is 10.2. The Balaban J connectivity index is 3.25. The van der Waals surface area contributed by atoms with Crippen molar-refractivity contribution in [3.63, 3.8) is 0 Å². The molecule has 96 valence electrons. The molecule has 1 atom stereocenters. The maximum Gasteiger partial charge on any atom is 0.321 e. The molecule has 0 spiro atoms. The van der Waals surface area contributed by atoms with E-state index < -0.39 is 22.0 Å². The summed E-state index contributed by atoms with van der Waals surface area (Å²) in [5.41, 5.74) is -0.107. The van der Waals surface area contributed by atoms with Gasteiger partial charge in [0, 0.05) is 5.02 Å². The summed E-state index contributed by atoms with van der Waals surface area (Å²) in [6.45, 7) is 1.18. The first kappa shape index (κ1) is 14.4. The molecule has 1 aromatic rings. The minimum absolute atomic E-state index is 0.107. The molecule has 0 bridgehead atoms. The predicted octanol–water partition coefficient (Wildman–Crippen LogP) is 0.963. The minimum Gasteiger partial charge on any atom is -0.480 e. The topological polar surface area (TPSA) is 107 Å². The van der Waals surface area contributed by atoms with Gasteiger partial charge < -0.3 is 5.11 Å². The lowest BCUT2D eigenvalue weighted by Crippen LogP contribution is -2.38. The molecule has 0 aliphatic heterocycles. The van der Waals surface area contributed by atoms with Crippen LogP contribution in [0.1, 0.15) is 12.5 Å². The van der Waals surface area contributed by atoms with Gasteiger partial charge in [0.2, 0.25) is 10.0 Å². The van der Waals surface area contributed by atoms with Crippen LogP contribution in [-0.2, 0) is 14.8 Å². The molecule has 0 heterocycles. The van der Waals surface area contributed by atoms with E-state index >= 15 is 0 Å². The summed E-state index contributed by atoms with van der Waals surface area (Å²) in [7, 11) is -4.11. The van der Waals surface area contributed by atoms with Crippen molar-refractivity contribution >= 4 is 27.6 Å². The van der Waals surface area contributed by atoms with Crippen LogP contribution in [0, 0.1) is 11.3 Å². The van der Waals surface area contributed by atoms with Crippen LogP contribution in [0.25, 0.3) is 0 Å². The van der Waals surface area contributed by atoms with E-state index in [-0.39, 0.29) is 15.5 Å². The van der Waals surface area contributed by atoms with Gasteiger partial charge in [-0.05, 0) is 25.1 Å². The van der Waals surface area contributed by atoms with Gasteiger partial charge in [-0.25, -0.2) is 8.42 Å². The van der Waals surface area contributed by atoms with Gasteiger partial charge >= 0.3 is 5.97 Å². The Labute approximate surface area is 109 Å². The Morgan fingerprint density at radius 3 is 2.67 bits per heavy atom. The number of hydrogen-bond donors (Lipinski definition) is 2. The number of aliphatic carboxylic acids is 1. The van der Waals surface area contributed by atoms with Crippen LogP contribution >= 0.6 is 11.6 Å². The molecular formula is C10H9ClN2O4S. The standard InChI is InChI=1S/C10H9ClN2O4S/c1-6(10(14)15)13-18(16,17)9-4-8(11)3-2-7(9)5-12/h2-4,6,13H,1H3,(H,14,15)/t6-/m1/s1. The van der Waals surface area contributed by atoms with E-state index in [9.17, 15) is 13.2 Å². The van der Waals surface area contributed by atoms with Gasteiger partial charge in [0.25, 0.3) is 0 Å². The number of benzene rings is 1. The molecule has 0 radical (unpaired) electrons.